The number of methoxy groups -OCH3 is 3. The molecular formula is C19H25N3O4. The van der Waals surface area contributed by atoms with Crippen LogP contribution >= 0.6 is 0 Å². The van der Waals surface area contributed by atoms with Crippen LogP contribution in [0, 0.1) is 0 Å². The fourth-order valence-electron chi connectivity index (χ4n) is 2.43. The Morgan fingerprint density at radius 1 is 1.00 bits per heavy atom. The molecule has 140 valence electrons. The third kappa shape index (κ3) is 4.78. The second-order valence-electron chi connectivity index (χ2n) is 5.61. The van der Waals surface area contributed by atoms with Gasteiger partial charge in [0.15, 0.2) is 11.5 Å². The minimum Gasteiger partial charge on any atom is -0.493 e. The van der Waals surface area contributed by atoms with E-state index in [1.54, 1.807) is 24.4 Å². The number of pyridine rings is 1. The number of hydrogen-bond acceptors (Lipinski definition) is 6. The van der Waals surface area contributed by atoms with Crippen LogP contribution in [0.2, 0.25) is 0 Å². The standard InChI is InChI=1S/C19H25N3O4/c1-5-6-7-21-15-8-13(11-20-12-15)19(23)22-14-9-16(24-2)18(26-4)17(10-14)25-3/h8-12,21H,5-7H2,1-4H3,(H,22,23). The number of carbonyl (C=O) groups excluding carboxylic acids is 1. The largest absolute Gasteiger partial charge is 0.493 e. The van der Waals surface area contributed by atoms with Gasteiger partial charge in [0.25, 0.3) is 5.91 Å². The molecule has 0 atom stereocenters. The predicted octanol–water partition coefficient (Wildman–Crippen LogP) is 3.57. The van der Waals surface area contributed by atoms with Crippen LogP contribution in [0.3, 0.4) is 0 Å². The number of ether oxygens (including phenoxy) is 3. The van der Waals surface area contributed by atoms with Crippen molar-refractivity contribution in [2.75, 3.05) is 38.5 Å². The number of amides is 1. The van der Waals surface area contributed by atoms with Crippen LogP contribution in [0.5, 0.6) is 17.2 Å². The molecule has 1 aromatic heterocycles. The fourth-order valence-corrected chi connectivity index (χ4v) is 2.43. The summed E-state index contributed by atoms with van der Waals surface area (Å²) >= 11 is 0. The zero-order valence-electron chi connectivity index (χ0n) is 15.6. The number of aromatic nitrogens is 1. The Bertz CT molecular complexity index is 724. The second kappa shape index (κ2) is 9.50. The van der Waals surface area contributed by atoms with Crippen LogP contribution in [0.4, 0.5) is 11.4 Å². The number of unbranched alkanes of at least 4 members (excludes halogenated alkanes) is 1. The van der Waals surface area contributed by atoms with Gasteiger partial charge >= 0.3 is 0 Å². The van der Waals surface area contributed by atoms with Gasteiger partial charge in [-0.15, -0.1) is 0 Å². The van der Waals surface area contributed by atoms with Gasteiger partial charge in [-0.3, -0.25) is 9.78 Å². The topological polar surface area (TPSA) is 81.7 Å². The maximum Gasteiger partial charge on any atom is 0.257 e. The van der Waals surface area contributed by atoms with Gasteiger partial charge in [0.05, 0.1) is 32.6 Å². The number of nitrogens with one attached hydrogen (secondary N) is 2. The van der Waals surface area contributed by atoms with E-state index >= 15 is 0 Å². The minimum absolute atomic E-state index is 0.272. The van der Waals surface area contributed by atoms with Crippen LogP contribution in [-0.4, -0.2) is 38.8 Å². The first-order chi connectivity index (χ1) is 12.6. The molecule has 7 heteroatoms. The molecule has 1 amide bonds. The molecule has 0 aliphatic carbocycles. The smallest absolute Gasteiger partial charge is 0.257 e. The molecule has 0 aliphatic heterocycles. The first-order valence-electron chi connectivity index (χ1n) is 8.43. The molecular weight excluding hydrogens is 334 g/mol. The van der Waals surface area contributed by atoms with Gasteiger partial charge in [0.2, 0.25) is 5.75 Å². The summed E-state index contributed by atoms with van der Waals surface area (Å²) in [5, 5.41) is 6.09. The average Bonchev–Trinajstić information content (AvgIpc) is 2.67. The lowest BCUT2D eigenvalue weighted by Crippen LogP contribution is -2.13. The molecule has 0 unspecified atom stereocenters. The van der Waals surface area contributed by atoms with Crippen LogP contribution in [-0.2, 0) is 0 Å². The van der Waals surface area contributed by atoms with Crippen molar-refractivity contribution < 1.29 is 19.0 Å². The van der Waals surface area contributed by atoms with E-state index in [4.69, 9.17) is 14.2 Å². The van der Waals surface area contributed by atoms with Crippen molar-refractivity contribution in [2.24, 2.45) is 0 Å². The third-order valence-electron chi connectivity index (χ3n) is 3.78. The maximum atomic E-state index is 12.6. The van der Waals surface area contributed by atoms with Crippen molar-refractivity contribution in [2.45, 2.75) is 19.8 Å². The summed E-state index contributed by atoms with van der Waals surface area (Å²) in [4.78, 5) is 16.7. The highest BCUT2D eigenvalue weighted by atomic mass is 16.5. The van der Waals surface area contributed by atoms with Crippen LogP contribution in [0.15, 0.2) is 30.6 Å². The lowest BCUT2D eigenvalue weighted by molar-refractivity contribution is 0.102. The number of carbonyl (C=O) groups is 1. The first kappa shape index (κ1) is 19.4. The minimum atomic E-state index is -0.272. The molecule has 0 spiro atoms. The van der Waals surface area contributed by atoms with Gasteiger partial charge in [0, 0.05) is 36.8 Å². The fraction of sp³-hybridized carbons (Fsp3) is 0.368. The predicted molar refractivity (Wildman–Crippen MR) is 102 cm³/mol. The number of hydrogen-bond donors (Lipinski definition) is 2. The lowest BCUT2D eigenvalue weighted by atomic mass is 10.2. The van der Waals surface area contributed by atoms with Gasteiger partial charge in [-0.1, -0.05) is 13.3 Å². The highest BCUT2D eigenvalue weighted by Crippen LogP contribution is 2.40. The van der Waals surface area contributed by atoms with Crippen molar-refractivity contribution in [1.29, 1.82) is 0 Å². The van der Waals surface area contributed by atoms with Gasteiger partial charge in [-0.05, 0) is 12.5 Å². The maximum absolute atomic E-state index is 12.6. The van der Waals surface area contributed by atoms with E-state index in [2.05, 4.69) is 22.5 Å². The molecule has 1 heterocycles. The van der Waals surface area contributed by atoms with Crippen molar-refractivity contribution in [1.82, 2.24) is 4.98 Å². The number of rotatable bonds is 9. The molecule has 2 N–H and O–H groups in total. The number of nitrogens with zero attached hydrogens (tertiary/aromatic N) is 1. The Labute approximate surface area is 153 Å². The Balaban J connectivity index is 2.18. The van der Waals surface area contributed by atoms with Crippen molar-refractivity contribution in [3.05, 3.63) is 36.2 Å². The molecule has 0 saturated heterocycles. The van der Waals surface area contributed by atoms with Gasteiger partial charge < -0.3 is 24.8 Å². The summed E-state index contributed by atoms with van der Waals surface area (Å²) in [6.45, 7) is 2.97. The summed E-state index contributed by atoms with van der Waals surface area (Å²) in [6, 6.07) is 5.13. The summed E-state index contributed by atoms with van der Waals surface area (Å²) < 4.78 is 15.9. The number of anilines is 2. The van der Waals surface area contributed by atoms with E-state index in [0.29, 0.717) is 28.5 Å². The molecule has 0 aliphatic rings. The van der Waals surface area contributed by atoms with E-state index in [1.165, 1.54) is 27.5 Å². The highest BCUT2D eigenvalue weighted by molar-refractivity contribution is 6.04. The molecule has 7 nitrogen and oxygen atoms in total. The molecule has 0 fully saturated rings. The summed E-state index contributed by atoms with van der Waals surface area (Å²) in [5.74, 6) is 1.13. The Kier molecular flexibility index (Phi) is 7.08. The lowest BCUT2D eigenvalue weighted by Gasteiger charge is -2.14. The zero-order chi connectivity index (χ0) is 18.9. The van der Waals surface area contributed by atoms with E-state index in [-0.39, 0.29) is 5.91 Å². The molecule has 0 bridgehead atoms. The Hall–Kier alpha value is -2.96. The molecule has 1 aromatic carbocycles. The highest BCUT2D eigenvalue weighted by Gasteiger charge is 2.15. The van der Waals surface area contributed by atoms with Crippen molar-refractivity contribution in [3.63, 3.8) is 0 Å². The molecule has 26 heavy (non-hydrogen) atoms. The van der Waals surface area contributed by atoms with Crippen LogP contribution < -0.4 is 24.8 Å². The third-order valence-corrected chi connectivity index (χ3v) is 3.78. The van der Waals surface area contributed by atoms with Crippen LogP contribution in [0.1, 0.15) is 30.1 Å². The first-order valence-corrected chi connectivity index (χ1v) is 8.43. The number of benzene rings is 1. The van der Waals surface area contributed by atoms with Gasteiger partial charge in [-0.2, -0.15) is 0 Å². The van der Waals surface area contributed by atoms with Gasteiger partial charge in [-0.25, -0.2) is 0 Å². The van der Waals surface area contributed by atoms with E-state index < -0.39 is 0 Å². The molecule has 0 saturated carbocycles. The quantitative estimate of drug-likeness (QED) is 0.666. The van der Waals surface area contributed by atoms with Crippen LogP contribution in [0.25, 0.3) is 0 Å². The molecule has 2 aromatic rings. The summed E-state index contributed by atoms with van der Waals surface area (Å²) in [7, 11) is 4.58. The SMILES string of the molecule is CCCCNc1cncc(C(=O)Nc2cc(OC)c(OC)c(OC)c2)c1. The Morgan fingerprint density at radius 2 is 1.69 bits per heavy atom. The van der Waals surface area contributed by atoms with Gasteiger partial charge in [0.1, 0.15) is 0 Å². The monoisotopic (exact) mass is 359 g/mol. The average molecular weight is 359 g/mol. The zero-order valence-corrected chi connectivity index (χ0v) is 15.6. The van der Waals surface area contributed by atoms with E-state index in [0.717, 1.165) is 25.1 Å². The van der Waals surface area contributed by atoms with Crippen molar-refractivity contribution in [3.8, 4) is 17.2 Å². The Morgan fingerprint density at radius 3 is 2.27 bits per heavy atom. The second-order valence-corrected chi connectivity index (χ2v) is 5.61. The normalized spacial score (nSPS) is 10.2. The molecule has 0 radical (unpaired) electrons. The summed E-state index contributed by atoms with van der Waals surface area (Å²) in [5.41, 5.74) is 1.81. The molecule has 2 rings (SSSR count). The van der Waals surface area contributed by atoms with Crippen molar-refractivity contribution >= 4 is 17.3 Å². The van der Waals surface area contributed by atoms with E-state index in [9.17, 15) is 4.79 Å². The van der Waals surface area contributed by atoms with E-state index in [1.807, 2.05) is 0 Å². The summed E-state index contributed by atoms with van der Waals surface area (Å²) in [6.07, 6.45) is 5.38.